The monoisotopic (exact) mass is 459 g/mol. The van der Waals surface area contributed by atoms with E-state index in [1.807, 2.05) is 12.1 Å². The van der Waals surface area contributed by atoms with Crippen LogP contribution in [-0.4, -0.2) is 15.0 Å². The van der Waals surface area contributed by atoms with Gasteiger partial charge in [0.1, 0.15) is 17.2 Å². The summed E-state index contributed by atoms with van der Waals surface area (Å²) < 4.78 is 31.1. The Morgan fingerprint density at radius 3 is 2.16 bits per heavy atom. The fourth-order valence-electron chi connectivity index (χ4n) is 3.24. The Morgan fingerprint density at radius 1 is 0.968 bits per heavy atom. The van der Waals surface area contributed by atoms with Crippen LogP contribution in [0.2, 0.25) is 5.02 Å². The molecule has 31 heavy (non-hydrogen) atoms. The number of benzene rings is 3. The molecule has 5 nitrogen and oxygen atoms in total. The van der Waals surface area contributed by atoms with Crippen molar-refractivity contribution in [3.05, 3.63) is 87.3 Å². The van der Waals surface area contributed by atoms with Gasteiger partial charge >= 0.3 is 5.69 Å². The number of anilines is 1. The maximum Gasteiger partial charge on any atom is 0.328 e. The van der Waals surface area contributed by atoms with Crippen LogP contribution in [0.4, 0.5) is 14.5 Å². The molecule has 0 bridgehead atoms. The highest BCUT2D eigenvalue weighted by molar-refractivity contribution is 7.99. The van der Waals surface area contributed by atoms with E-state index < -0.39 is 23.1 Å². The minimum Gasteiger partial charge on any atom is -0.321 e. The van der Waals surface area contributed by atoms with Crippen LogP contribution in [-0.2, 0) is 14.1 Å². The third kappa shape index (κ3) is 3.96. The highest BCUT2D eigenvalue weighted by atomic mass is 35.5. The number of carbonyl (C=O) groups excluding carboxylic acids is 1. The van der Waals surface area contributed by atoms with Crippen LogP contribution in [0.15, 0.2) is 69.2 Å². The number of carbonyl (C=O) groups is 1. The molecule has 4 rings (SSSR count). The van der Waals surface area contributed by atoms with Gasteiger partial charge in [-0.15, -0.1) is 0 Å². The molecule has 9 heteroatoms. The zero-order valence-corrected chi connectivity index (χ0v) is 18.0. The first kappa shape index (κ1) is 21.1. The first-order chi connectivity index (χ1) is 14.8. The number of amides is 1. The lowest BCUT2D eigenvalue weighted by Gasteiger charge is -2.13. The highest BCUT2D eigenvalue weighted by Crippen LogP contribution is 2.37. The fraction of sp³-hybridized carbons (Fsp3) is 0.0909. The molecule has 4 aromatic rings. The van der Waals surface area contributed by atoms with Crippen LogP contribution in [0.3, 0.4) is 0 Å². The third-order valence-corrected chi connectivity index (χ3v) is 6.17. The van der Waals surface area contributed by atoms with Gasteiger partial charge in [0.2, 0.25) is 0 Å². The van der Waals surface area contributed by atoms with E-state index in [1.165, 1.54) is 27.0 Å². The Morgan fingerprint density at radius 2 is 1.55 bits per heavy atom. The minimum atomic E-state index is -0.961. The normalized spacial score (nSPS) is 11.1. The van der Waals surface area contributed by atoms with Gasteiger partial charge < -0.3 is 5.32 Å². The topological polar surface area (TPSA) is 56.0 Å². The number of hydrogen-bond acceptors (Lipinski definition) is 3. The second-order valence-corrected chi connectivity index (χ2v) is 8.40. The lowest BCUT2D eigenvalue weighted by atomic mass is 10.1. The number of fused-ring (bicyclic) bond motifs is 1. The maximum absolute atomic E-state index is 14.1. The number of aromatic nitrogens is 2. The lowest BCUT2D eigenvalue weighted by Crippen LogP contribution is -2.19. The molecule has 0 aliphatic rings. The Labute approximate surface area is 185 Å². The predicted octanol–water partition coefficient (Wildman–Crippen LogP) is 5.21. The molecular formula is C22H16ClF2N3O2S. The summed E-state index contributed by atoms with van der Waals surface area (Å²) in [5.41, 5.74) is 0.630. The van der Waals surface area contributed by atoms with Gasteiger partial charge in [-0.2, -0.15) is 0 Å². The molecule has 158 valence electrons. The number of nitrogens with one attached hydrogen (secondary N) is 1. The van der Waals surface area contributed by atoms with E-state index in [2.05, 4.69) is 5.32 Å². The van der Waals surface area contributed by atoms with E-state index in [9.17, 15) is 18.4 Å². The van der Waals surface area contributed by atoms with Crippen molar-refractivity contribution >= 4 is 46.0 Å². The van der Waals surface area contributed by atoms with Gasteiger partial charge in [-0.1, -0.05) is 29.4 Å². The van der Waals surface area contributed by atoms with Gasteiger partial charge in [0, 0.05) is 28.9 Å². The molecule has 0 radical (unpaired) electrons. The largest absolute Gasteiger partial charge is 0.328 e. The number of rotatable bonds is 4. The first-order valence-electron chi connectivity index (χ1n) is 9.14. The van der Waals surface area contributed by atoms with Crippen LogP contribution in [0.25, 0.3) is 11.0 Å². The van der Waals surface area contributed by atoms with E-state index in [-0.39, 0.29) is 5.69 Å². The molecule has 0 aliphatic heterocycles. The van der Waals surface area contributed by atoms with Crippen molar-refractivity contribution in [3.8, 4) is 0 Å². The molecule has 1 aromatic heterocycles. The minimum absolute atomic E-state index is 0.235. The van der Waals surface area contributed by atoms with Crippen LogP contribution in [0.5, 0.6) is 0 Å². The molecule has 0 saturated carbocycles. The SMILES string of the molecule is Cn1c(=O)n(C)c2cc(Sc3ccc(Cl)cc3)c(NC(=O)c3c(F)cccc3F)cc21. The molecule has 1 N–H and O–H groups in total. The second-order valence-electron chi connectivity index (χ2n) is 6.84. The first-order valence-corrected chi connectivity index (χ1v) is 10.3. The number of hydrogen-bond donors (Lipinski definition) is 1. The van der Waals surface area contributed by atoms with Gasteiger partial charge in [-0.3, -0.25) is 13.9 Å². The average molecular weight is 460 g/mol. The highest BCUT2D eigenvalue weighted by Gasteiger charge is 2.20. The summed E-state index contributed by atoms with van der Waals surface area (Å²) in [6.45, 7) is 0. The van der Waals surface area contributed by atoms with E-state index in [0.717, 1.165) is 17.0 Å². The van der Waals surface area contributed by atoms with Crippen molar-refractivity contribution in [2.45, 2.75) is 9.79 Å². The van der Waals surface area contributed by atoms with Crippen LogP contribution in [0, 0.1) is 11.6 Å². The fourth-order valence-corrected chi connectivity index (χ4v) is 4.28. The van der Waals surface area contributed by atoms with E-state index in [0.29, 0.717) is 26.6 Å². The van der Waals surface area contributed by atoms with Gasteiger partial charge in [0.05, 0.1) is 16.7 Å². The average Bonchev–Trinajstić information content (AvgIpc) is 2.93. The standard InChI is InChI=1S/C22H16ClF2N3O2S/c1-27-17-10-16(26-21(29)20-14(24)4-3-5-15(20)25)19(11-18(17)28(2)22(27)30)31-13-8-6-12(23)7-9-13/h3-11H,1-2H3,(H,26,29). The Kier molecular flexibility index (Phi) is 5.60. The summed E-state index contributed by atoms with van der Waals surface area (Å²) >= 11 is 7.27. The summed E-state index contributed by atoms with van der Waals surface area (Å²) in [4.78, 5) is 26.5. The molecule has 3 aromatic carbocycles. The second kappa shape index (κ2) is 8.20. The Balaban J connectivity index is 1.83. The summed E-state index contributed by atoms with van der Waals surface area (Å²) in [7, 11) is 3.26. The van der Waals surface area contributed by atoms with E-state index in [4.69, 9.17) is 11.6 Å². The summed E-state index contributed by atoms with van der Waals surface area (Å²) in [6, 6.07) is 13.7. The zero-order chi connectivity index (χ0) is 22.3. The molecule has 0 fully saturated rings. The van der Waals surface area contributed by atoms with Crippen molar-refractivity contribution in [3.63, 3.8) is 0 Å². The number of halogens is 3. The van der Waals surface area contributed by atoms with Gasteiger partial charge in [-0.25, -0.2) is 13.6 Å². The molecule has 0 aliphatic carbocycles. The van der Waals surface area contributed by atoms with E-state index >= 15 is 0 Å². The van der Waals surface area contributed by atoms with Gasteiger partial charge in [-0.05, 0) is 48.5 Å². The molecule has 1 heterocycles. The Hall–Kier alpha value is -3.10. The van der Waals surface area contributed by atoms with Gasteiger partial charge in [0.25, 0.3) is 5.91 Å². The molecule has 0 spiro atoms. The Bertz CT molecular complexity index is 1360. The van der Waals surface area contributed by atoms with Crippen molar-refractivity contribution in [2.24, 2.45) is 14.1 Å². The van der Waals surface area contributed by atoms with Crippen LogP contribution >= 0.6 is 23.4 Å². The smallest absolute Gasteiger partial charge is 0.321 e. The number of imidazole rings is 1. The van der Waals surface area contributed by atoms with E-state index in [1.54, 1.807) is 38.4 Å². The van der Waals surface area contributed by atoms with Crippen molar-refractivity contribution in [1.29, 1.82) is 0 Å². The van der Waals surface area contributed by atoms with Crippen molar-refractivity contribution in [2.75, 3.05) is 5.32 Å². The summed E-state index contributed by atoms with van der Waals surface area (Å²) in [6.07, 6.45) is 0. The number of nitrogens with zero attached hydrogens (tertiary/aromatic N) is 2. The maximum atomic E-state index is 14.1. The van der Waals surface area contributed by atoms with Gasteiger partial charge in [0.15, 0.2) is 0 Å². The van der Waals surface area contributed by atoms with Crippen LogP contribution in [0.1, 0.15) is 10.4 Å². The summed E-state index contributed by atoms with van der Waals surface area (Å²) in [5.74, 6) is -2.84. The lowest BCUT2D eigenvalue weighted by molar-refractivity contribution is 0.101. The molecule has 0 unspecified atom stereocenters. The third-order valence-electron chi connectivity index (χ3n) is 4.85. The zero-order valence-electron chi connectivity index (χ0n) is 16.4. The molecule has 0 atom stereocenters. The van der Waals surface area contributed by atoms with Crippen molar-refractivity contribution < 1.29 is 13.6 Å². The summed E-state index contributed by atoms with van der Waals surface area (Å²) in [5, 5.41) is 3.18. The van der Waals surface area contributed by atoms with Crippen molar-refractivity contribution in [1.82, 2.24) is 9.13 Å². The molecular weight excluding hydrogens is 444 g/mol. The quantitative estimate of drug-likeness (QED) is 0.455. The predicted molar refractivity (Wildman–Crippen MR) is 118 cm³/mol. The number of aryl methyl sites for hydroxylation is 2. The van der Waals surface area contributed by atoms with Crippen LogP contribution < -0.4 is 11.0 Å². The molecule has 1 amide bonds. The molecule has 0 saturated heterocycles.